The van der Waals surface area contributed by atoms with Gasteiger partial charge in [0, 0.05) is 37.0 Å². The van der Waals surface area contributed by atoms with Gasteiger partial charge in [-0.2, -0.15) is 5.10 Å². The first kappa shape index (κ1) is 20.1. The molecule has 2 aromatic rings. The van der Waals surface area contributed by atoms with Crippen LogP contribution in [-0.2, 0) is 6.42 Å². The molecule has 0 bridgehead atoms. The van der Waals surface area contributed by atoms with E-state index in [-0.39, 0.29) is 12.1 Å². The Bertz CT molecular complexity index is 967. The molecule has 30 heavy (non-hydrogen) atoms. The van der Waals surface area contributed by atoms with Gasteiger partial charge in [-0.05, 0) is 49.6 Å². The predicted molar refractivity (Wildman–Crippen MR) is 118 cm³/mol. The number of ether oxygens (including phenoxy) is 2. The van der Waals surface area contributed by atoms with E-state index < -0.39 is 0 Å². The van der Waals surface area contributed by atoms with Crippen molar-refractivity contribution in [2.45, 2.75) is 25.8 Å². The van der Waals surface area contributed by atoms with Crippen LogP contribution in [0.1, 0.15) is 30.0 Å². The third-order valence-electron chi connectivity index (χ3n) is 5.79. The number of methoxy groups -OCH3 is 2. The zero-order chi connectivity index (χ0) is 21.3. The number of hydrazone groups is 1. The summed E-state index contributed by atoms with van der Waals surface area (Å²) in [7, 11) is 4.87. The van der Waals surface area contributed by atoms with E-state index in [0.29, 0.717) is 17.9 Å². The molecule has 0 radical (unpaired) electrons. The molecular weight excluding hydrogens is 380 g/mol. The van der Waals surface area contributed by atoms with Crippen LogP contribution in [0.3, 0.4) is 0 Å². The summed E-state index contributed by atoms with van der Waals surface area (Å²) >= 11 is 0. The molecule has 2 aromatic carbocycles. The number of hydrogen-bond acceptors (Lipinski definition) is 5. The lowest BCUT2D eigenvalue weighted by Gasteiger charge is -2.33. The first-order valence-corrected chi connectivity index (χ1v) is 10.3. The highest BCUT2D eigenvalue weighted by Gasteiger charge is 2.28. The number of carbonyl (C=O) groups excluding carboxylic acids is 1. The molecule has 2 heterocycles. The van der Waals surface area contributed by atoms with Gasteiger partial charge < -0.3 is 19.7 Å². The monoisotopic (exact) mass is 408 g/mol. The van der Waals surface area contributed by atoms with Crippen LogP contribution in [0.25, 0.3) is 0 Å². The number of anilines is 1. The number of rotatable bonds is 4. The summed E-state index contributed by atoms with van der Waals surface area (Å²) in [5.41, 5.74) is 4.92. The van der Waals surface area contributed by atoms with Gasteiger partial charge in [0.05, 0.1) is 26.0 Å². The van der Waals surface area contributed by atoms with Crippen LogP contribution in [0.15, 0.2) is 41.5 Å². The molecule has 0 aliphatic carbocycles. The first-order valence-electron chi connectivity index (χ1n) is 10.3. The van der Waals surface area contributed by atoms with Crippen molar-refractivity contribution in [1.29, 1.82) is 0 Å². The van der Waals surface area contributed by atoms with Gasteiger partial charge >= 0.3 is 6.03 Å². The Kier molecular flexibility index (Phi) is 5.53. The number of nitrogens with one attached hydrogen (secondary N) is 1. The molecule has 1 saturated heterocycles. The number of fused-ring (bicyclic) bond motifs is 1. The maximum Gasteiger partial charge on any atom is 0.337 e. The summed E-state index contributed by atoms with van der Waals surface area (Å²) in [5.74, 6) is 1.31. The minimum absolute atomic E-state index is 0.111. The van der Waals surface area contributed by atoms with Gasteiger partial charge in [-0.3, -0.25) is 0 Å². The summed E-state index contributed by atoms with van der Waals surface area (Å²) < 4.78 is 11.1. The minimum atomic E-state index is -0.232. The van der Waals surface area contributed by atoms with E-state index in [9.17, 15) is 4.79 Å². The van der Waals surface area contributed by atoms with Gasteiger partial charge in [-0.15, -0.1) is 0 Å². The normalized spacial score (nSPS) is 18.0. The largest absolute Gasteiger partial charge is 0.493 e. The van der Waals surface area contributed by atoms with Gasteiger partial charge in [0.1, 0.15) is 0 Å². The van der Waals surface area contributed by atoms with Crippen molar-refractivity contribution < 1.29 is 14.3 Å². The van der Waals surface area contributed by atoms with Crippen molar-refractivity contribution in [1.82, 2.24) is 10.3 Å². The zero-order valence-corrected chi connectivity index (χ0v) is 17.9. The van der Waals surface area contributed by atoms with Gasteiger partial charge in [0.2, 0.25) is 0 Å². The number of benzene rings is 2. The number of amides is 2. The molecular formula is C23H28N4O3. The van der Waals surface area contributed by atoms with Crippen LogP contribution in [0.4, 0.5) is 10.5 Å². The number of nitrogens with zero attached hydrogens (tertiary/aromatic N) is 3. The molecule has 4 rings (SSSR count). The Morgan fingerprint density at radius 1 is 1.10 bits per heavy atom. The van der Waals surface area contributed by atoms with Gasteiger partial charge in [-0.25, -0.2) is 9.80 Å². The molecule has 7 heteroatoms. The number of urea groups is 1. The highest BCUT2D eigenvalue weighted by atomic mass is 16.5. The average Bonchev–Trinajstić information content (AvgIpc) is 2.87. The van der Waals surface area contributed by atoms with Gasteiger partial charge in [0.15, 0.2) is 11.5 Å². The standard InChI is InChI=1S/C23H28N4O3/c1-15-12-17-13-20(29-3)21(30-4)14-19(17)22(25-27(15)23(28)24-2)16-6-8-18(9-7-16)26-10-5-11-26/h6-9,13-15H,5,10-12H2,1-4H3,(H,24,28)/t15-/m0/s1. The summed E-state index contributed by atoms with van der Waals surface area (Å²) in [4.78, 5) is 14.9. The van der Waals surface area contributed by atoms with Crippen LogP contribution in [0.5, 0.6) is 11.5 Å². The SMILES string of the molecule is CNC(=O)N1N=C(c2ccc(N3CCC3)cc2)c2cc(OC)c(OC)cc2C[C@@H]1C. The van der Waals surface area contributed by atoms with Gasteiger partial charge in [0.25, 0.3) is 0 Å². The van der Waals surface area contributed by atoms with E-state index in [2.05, 4.69) is 34.5 Å². The summed E-state index contributed by atoms with van der Waals surface area (Å²) in [5, 5.41) is 9.03. The molecule has 1 N–H and O–H groups in total. The van der Waals surface area contributed by atoms with E-state index in [1.54, 1.807) is 21.3 Å². The predicted octanol–water partition coefficient (Wildman–Crippen LogP) is 3.25. The molecule has 1 fully saturated rings. The Hall–Kier alpha value is -3.22. The molecule has 2 aliphatic heterocycles. The zero-order valence-electron chi connectivity index (χ0n) is 17.9. The summed E-state index contributed by atoms with van der Waals surface area (Å²) in [6, 6.07) is 12.0. The Morgan fingerprint density at radius 2 is 1.77 bits per heavy atom. The van der Waals surface area contributed by atoms with Crippen molar-refractivity contribution in [2.24, 2.45) is 5.10 Å². The molecule has 0 aromatic heterocycles. The lowest BCUT2D eigenvalue weighted by atomic mass is 9.93. The van der Waals surface area contributed by atoms with Crippen LogP contribution in [0.2, 0.25) is 0 Å². The highest BCUT2D eigenvalue weighted by Crippen LogP contribution is 2.35. The maximum atomic E-state index is 12.5. The van der Waals surface area contributed by atoms with E-state index in [4.69, 9.17) is 14.6 Å². The molecule has 2 aliphatic rings. The fourth-order valence-corrected chi connectivity index (χ4v) is 3.95. The van der Waals surface area contributed by atoms with Crippen molar-refractivity contribution in [2.75, 3.05) is 39.3 Å². The number of hydrogen-bond donors (Lipinski definition) is 1. The summed E-state index contributed by atoms with van der Waals surface area (Å²) in [6.45, 7) is 4.19. The van der Waals surface area contributed by atoms with Crippen LogP contribution < -0.4 is 19.7 Å². The van der Waals surface area contributed by atoms with Crippen molar-refractivity contribution >= 4 is 17.4 Å². The maximum absolute atomic E-state index is 12.5. The lowest BCUT2D eigenvalue weighted by molar-refractivity contribution is 0.184. The molecule has 1 atom stereocenters. The van der Waals surface area contributed by atoms with E-state index in [1.165, 1.54) is 17.1 Å². The van der Waals surface area contributed by atoms with E-state index in [0.717, 1.165) is 35.5 Å². The van der Waals surface area contributed by atoms with Crippen LogP contribution in [0, 0.1) is 0 Å². The van der Waals surface area contributed by atoms with Crippen molar-refractivity contribution in [3.05, 3.63) is 53.1 Å². The Morgan fingerprint density at radius 3 is 2.33 bits per heavy atom. The summed E-state index contributed by atoms with van der Waals surface area (Å²) in [6.07, 6.45) is 1.89. The van der Waals surface area contributed by atoms with E-state index >= 15 is 0 Å². The van der Waals surface area contributed by atoms with Crippen molar-refractivity contribution in [3.8, 4) is 11.5 Å². The third-order valence-corrected chi connectivity index (χ3v) is 5.79. The average molecular weight is 409 g/mol. The lowest BCUT2D eigenvalue weighted by Crippen LogP contribution is -2.41. The van der Waals surface area contributed by atoms with E-state index in [1.807, 2.05) is 19.1 Å². The first-order chi connectivity index (χ1) is 14.5. The fourth-order valence-electron chi connectivity index (χ4n) is 3.95. The topological polar surface area (TPSA) is 66.4 Å². The Balaban J connectivity index is 1.84. The smallest absolute Gasteiger partial charge is 0.337 e. The molecule has 7 nitrogen and oxygen atoms in total. The second kappa shape index (κ2) is 8.26. The fraction of sp³-hybridized carbons (Fsp3) is 0.391. The molecule has 158 valence electrons. The Labute approximate surface area is 177 Å². The second-order valence-electron chi connectivity index (χ2n) is 7.65. The molecule has 0 unspecified atom stereocenters. The quantitative estimate of drug-likeness (QED) is 0.843. The minimum Gasteiger partial charge on any atom is -0.493 e. The molecule has 2 amide bonds. The molecule has 0 saturated carbocycles. The highest BCUT2D eigenvalue weighted by molar-refractivity contribution is 6.14. The van der Waals surface area contributed by atoms with Gasteiger partial charge in [-0.1, -0.05) is 12.1 Å². The number of carbonyl (C=O) groups is 1. The van der Waals surface area contributed by atoms with Crippen LogP contribution in [-0.4, -0.2) is 57.2 Å². The van der Waals surface area contributed by atoms with Crippen LogP contribution >= 0.6 is 0 Å². The second-order valence-corrected chi connectivity index (χ2v) is 7.65. The third kappa shape index (κ3) is 3.56. The molecule has 0 spiro atoms. The van der Waals surface area contributed by atoms with Crippen molar-refractivity contribution in [3.63, 3.8) is 0 Å².